The van der Waals surface area contributed by atoms with Crippen LogP contribution in [0.3, 0.4) is 0 Å². The van der Waals surface area contributed by atoms with Gasteiger partial charge in [-0.25, -0.2) is 0 Å². The number of ether oxygens (including phenoxy) is 4. The molecular weight excluding hydrogens is 330 g/mol. The lowest BCUT2D eigenvalue weighted by atomic mass is 9.75. The van der Waals surface area contributed by atoms with Gasteiger partial charge >= 0.3 is 0 Å². The summed E-state index contributed by atoms with van der Waals surface area (Å²) in [7, 11) is 2.38. The van der Waals surface area contributed by atoms with E-state index in [2.05, 4.69) is 38.2 Å². The Bertz CT molecular complexity index is 940. The number of hydrogen-bond donors (Lipinski definition) is 0. The summed E-state index contributed by atoms with van der Waals surface area (Å²) in [6, 6.07) is 9.14. The van der Waals surface area contributed by atoms with Gasteiger partial charge in [-0.05, 0) is 29.3 Å². The summed E-state index contributed by atoms with van der Waals surface area (Å²) >= 11 is 0. The van der Waals surface area contributed by atoms with Crippen LogP contribution in [0.2, 0.25) is 0 Å². The van der Waals surface area contributed by atoms with Crippen molar-refractivity contribution >= 4 is 0 Å². The molecule has 0 saturated carbocycles. The Labute approximate surface area is 152 Å². The summed E-state index contributed by atoms with van der Waals surface area (Å²) in [6.07, 6.45) is 1.06. The van der Waals surface area contributed by atoms with Gasteiger partial charge in [-0.15, -0.1) is 0 Å². The lowest BCUT2D eigenvalue weighted by molar-refractivity contribution is -0.957. The molecule has 5 heteroatoms. The average molecular weight is 352 g/mol. The van der Waals surface area contributed by atoms with Gasteiger partial charge < -0.3 is 23.4 Å². The molecule has 0 unspecified atom stereocenters. The zero-order chi connectivity index (χ0) is 17.5. The molecule has 0 spiro atoms. The number of benzene rings is 2. The van der Waals surface area contributed by atoms with E-state index in [1.54, 1.807) is 0 Å². The summed E-state index contributed by atoms with van der Waals surface area (Å²) < 4.78 is 23.7. The molecule has 4 heterocycles. The Morgan fingerprint density at radius 2 is 1.69 bits per heavy atom. The summed E-state index contributed by atoms with van der Waals surface area (Å²) in [5, 5.41) is 0. The van der Waals surface area contributed by atoms with Gasteiger partial charge in [-0.2, -0.15) is 0 Å². The molecular formula is C21H22NO4+. The van der Waals surface area contributed by atoms with Crippen LogP contribution < -0.4 is 18.9 Å². The monoisotopic (exact) mass is 352 g/mol. The van der Waals surface area contributed by atoms with E-state index in [4.69, 9.17) is 18.9 Å². The van der Waals surface area contributed by atoms with Gasteiger partial charge in [0.25, 0.3) is 0 Å². The molecule has 134 valence electrons. The minimum Gasteiger partial charge on any atom is -0.454 e. The fraction of sp³-hybridized carbons (Fsp3) is 0.429. The van der Waals surface area contributed by atoms with Crippen LogP contribution in [-0.4, -0.2) is 31.7 Å². The second-order valence-corrected chi connectivity index (χ2v) is 8.12. The van der Waals surface area contributed by atoms with Crippen molar-refractivity contribution in [1.29, 1.82) is 0 Å². The zero-order valence-electron chi connectivity index (χ0n) is 15.1. The molecule has 2 aromatic rings. The maximum atomic E-state index is 5.83. The van der Waals surface area contributed by atoms with Crippen LogP contribution in [0, 0.1) is 0 Å². The third-order valence-electron chi connectivity index (χ3n) is 6.68. The van der Waals surface area contributed by atoms with Crippen molar-refractivity contribution in [3.63, 3.8) is 0 Å². The fourth-order valence-electron chi connectivity index (χ4n) is 5.50. The SMILES string of the molecule is C[C@@H]1c2ccc3c(c2C[N@@+]2(C)CCc4cc5c(cc4[C@@H]12)OCO5)OCO3. The molecule has 0 fully saturated rings. The molecule has 4 aliphatic heterocycles. The molecule has 6 rings (SSSR count). The second kappa shape index (κ2) is 4.86. The molecule has 4 aliphatic rings. The van der Waals surface area contributed by atoms with Crippen LogP contribution in [-0.2, 0) is 13.0 Å². The number of quaternary nitrogens is 1. The van der Waals surface area contributed by atoms with Crippen LogP contribution in [0.15, 0.2) is 24.3 Å². The predicted molar refractivity (Wildman–Crippen MR) is 94.7 cm³/mol. The van der Waals surface area contributed by atoms with Crippen LogP contribution in [0.25, 0.3) is 0 Å². The van der Waals surface area contributed by atoms with Crippen molar-refractivity contribution < 1.29 is 23.4 Å². The lowest BCUT2D eigenvalue weighted by Crippen LogP contribution is -2.54. The number of hydrogen-bond acceptors (Lipinski definition) is 4. The van der Waals surface area contributed by atoms with Crippen LogP contribution in [0.4, 0.5) is 0 Å². The van der Waals surface area contributed by atoms with E-state index in [-0.39, 0.29) is 0 Å². The van der Waals surface area contributed by atoms with E-state index in [1.165, 1.54) is 22.3 Å². The largest absolute Gasteiger partial charge is 0.454 e. The highest BCUT2D eigenvalue weighted by molar-refractivity contribution is 5.56. The first-order valence-electron chi connectivity index (χ1n) is 9.32. The molecule has 0 radical (unpaired) electrons. The van der Waals surface area contributed by atoms with E-state index in [0.717, 1.165) is 47.0 Å². The molecule has 0 N–H and O–H groups in total. The first-order chi connectivity index (χ1) is 12.6. The van der Waals surface area contributed by atoms with Crippen LogP contribution >= 0.6 is 0 Å². The zero-order valence-corrected chi connectivity index (χ0v) is 15.1. The number of fused-ring (bicyclic) bond motifs is 7. The summed E-state index contributed by atoms with van der Waals surface area (Å²) in [5.74, 6) is 4.04. The van der Waals surface area contributed by atoms with Gasteiger partial charge in [0.05, 0.1) is 19.2 Å². The molecule has 5 nitrogen and oxygen atoms in total. The van der Waals surface area contributed by atoms with Crippen molar-refractivity contribution in [2.45, 2.75) is 31.8 Å². The minimum atomic E-state index is 0.330. The van der Waals surface area contributed by atoms with E-state index in [9.17, 15) is 0 Å². The third kappa shape index (κ3) is 1.79. The summed E-state index contributed by atoms with van der Waals surface area (Å²) in [6.45, 7) is 5.11. The van der Waals surface area contributed by atoms with Crippen molar-refractivity contribution in [1.82, 2.24) is 0 Å². The first kappa shape index (κ1) is 14.7. The molecule has 26 heavy (non-hydrogen) atoms. The van der Waals surface area contributed by atoms with Gasteiger partial charge in [-0.3, -0.25) is 0 Å². The smallest absolute Gasteiger partial charge is 0.231 e. The van der Waals surface area contributed by atoms with Crippen molar-refractivity contribution in [3.05, 3.63) is 46.5 Å². The highest BCUT2D eigenvalue weighted by Gasteiger charge is 2.49. The second-order valence-electron chi connectivity index (χ2n) is 8.12. The maximum Gasteiger partial charge on any atom is 0.231 e. The Kier molecular flexibility index (Phi) is 2.75. The minimum absolute atomic E-state index is 0.330. The Balaban J connectivity index is 1.53. The van der Waals surface area contributed by atoms with Gasteiger partial charge in [0.1, 0.15) is 12.6 Å². The Morgan fingerprint density at radius 1 is 0.923 bits per heavy atom. The number of likely N-dealkylation sites (N-methyl/N-ethyl adjacent to an activating group) is 1. The number of nitrogens with zero attached hydrogens (tertiary/aromatic N) is 1. The molecule has 0 aromatic heterocycles. The summed E-state index contributed by atoms with van der Waals surface area (Å²) in [5.41, 5.74) is 5.54. The molecule has 2 aromatic carbocycles. The summed E-state index contributed by atoms with van der Waals surface area (Å²) in [4.78, 5) is 0. The van der Waals surface area contributed by atoms with Gasteiger partial charge in [-0.1, -0.05) is 13.0 Å². The lowest BCUT2D eigenvalue weighted by Gasteiger charge is -2.51. The van der Waals surface area contributed by atoms with Gasteiger partial charge in [0.15, 0.2) is 23.0 Å². The van der Waals surface area contributed by atoms with E-state index >= 15 is 0 Å². The van der Waals surface area contributed by atoms with E-state index < -0.39 is 0 Å². The standard InChI is InChI=1S/C21H22NO4/c1-12-14-3-4-17-21(26-11-23-17)16(14)9-22(2)6-5-13-7-18-19(25-10-24-18)8-15(13)20(12)22/h3-4,7-8,12,20H,5-6,9-11H2,1-2H3/q+1/t12-,20-,22-/m1/s1. The van der Waals surface area contributed by atoms with Crippen molar-refractivity contribution in [2.75, 3.05) is 27.2 Å². The Morgan fingerprint density at radius 3 is 2.58 bits per heavy atom. The van der Waals surface area contributed by atoms with Crippen molar-refractivity contribution in [2.24, 2.45) is 0 Å². The molecule has 0 amide bonds. The quantitative estimate of drug-likeness (QED) is 0.680. The molecule has 0 bridgehead atoms. The number of rotatable bonds is 0. The topological polar surface area (TPSA) is 36.9 Å². The first-order valence-corrected chi connectivity index (χ1v) is 9.32. The van der Waals surface area contributed by atoms with E-state index in [1.807, 2.05) is 0 Å². The molecule has 0 saturated heterocycles. The normalized spacial score (nSPS) is 29.8. The van der Waals surface area contributed by atoms with Crippen LogP contribution in [0.5, 0.6) is 23.0 Å². The average Bonchev–Trinajstić information content (AvgIpc) is 3.28. The Hall–Kier alpha value is -2.40. The van der Waals surface area contributed by atoms with Gasteiger partial charge in [0, 0.05) is 17.9 Å². The van der Waals surface area contributed by atoms with Crippen LogP contribution in [0.1, 0.15) is 41.1 Å². The highest BCUT2D eigenvalue weighted by Crippen LogP contribution is 2.54. The van der Waals surface area contributed by atoms with Gasteiger partial charge in [0.2, 0.25) is 13.6 Å². The third-order valence-corrected chi connectivity index (χ3v) is 6.68. The van der Waals surface area contributed by atoms with E-state index in [0.29, 0.717) is 25.5 Å². The maximum absolute atomic E-state index is 5.83. The molecule has 3 atom stereocenters. The highest BCUT2D eigenvalue weighted by atomic mass is 16.7. The predicted octanol–water partition coefficient (Wildman–Crippen LogP) is 3.51. The molecule has 0 aliphatic carbocycles. The van der Waals surface area contributed by atoms with Crippen molar-refractivity contribution in [3.8, 4) is 23.0 Å². The fourth-order valence-corrected chi connectivity index (χ4v) is 5.50.